The van der Waals surface area contributed by atoms with Crippen molar-refractivity contribution >= 4 is 11.3 Å². The molecule has 0 saturated heterocycles. The van der Waals surface area contributed by atoms with Crippen LogP contribution in [0.15, 0.2) is 67.3 Å². The van der Waals surface area contributed by atoms with Crippen molar-refractivity contribution in [3.8, 4) is 0 Å². The van der Waals surface area contributed by atoms with E-state index in [-0.39, 0.29) is 5.71 Å². The van der Waals surface area contributed by atoms with E-state index in [0.29, 0.717) is 6.42 Å². The average molecular weight is 283 g/mol. The highest BCUT2D eigenvalue weighted by molar-refractivity contribution is 5.94. The van der Waals surface area contributed by atoms with Crippen LogP contribution in [0.3, 0.4) is 0 Å². The second-order valence-electron chi connectivity index (χ2n) is 4.49. The molecule has 0 atom stereocenters. The molecule has 3 N–H and O–H groups in total. The lowest BCUT2D eigenvalue weighted by Crippen LogP contribution is -2.15. The van der Waals surface area contributed by atoms with Crippen molar-refractivity contribution < 1.29 is 10.2 Å². The summed E-state index contributed by atoms with van der Waals surface area (Å²) in [5.74, 6) is 0. The van der Waals surface area contributed by atoms with Crippen LogP contribution in [-0.4, -0.2) is 22.2 Å². The minimum atomic E-state index is -1.72. The third-order valence-electron chi connectivity index (χ3n) is 2.88. The minimum absolute atomic E-state index is 0.217. The molecule has 0 saturated carbocycles. The number of aliphatic hydroxyl groups excluding tert-OH is 1. The van der Waals surface area contributed by atoms with Gasteiger partial charge >= 0.3 is 0 Å². The maximum Gasteiger partial charge on any atom is 0.195 e. The van der Waals surface area contributed by atoms with E-state index in [2.05, 4.69) is 12.6 Å². The van der Waals surface area contributed by atoms with E-state index in [0.717, 1.165) is 16.7 Å². The molecule has 0 aliphatic rings. The van der Waals surface area contributed by atoms with Crippen molar-refractivity contribution in [2.75, 3.05) is 0 Å². The van der Waals surface area contributed by atoms with E-state index >= 15 is 0 Å². The fourth-order valence-electron chi connectivity index (χ4n) is 1.77. The van der Waals surface area contributed by atoms with Gasteiger partial charge in [0.15, 0.2) is 6.29 Å². The van der Waals surface area contributed by atoms with Crippen molar-refractivity contribution in [3.05, 3.63) is 78.4 Å². The molecule has 3 heteroatoms. The number of hydrogen-bond acceptors (Lipinski definition) is 3. The van der Waals surface area contributed by atoms with Crippen LogP contribution in [0.5, 0.6) is 0 Å². The van der Waals surface area contributed by atoms with Gasteiger partial charge in [-0.15, -0.1) is 0 Å². The fraction of sp³-hybridized carbons (Fsp3) is 0.167. The Bertz CT molecular complexity index is 581. The van der Waals surface area contributed by atoms with Crippen LogP contribution in [0, 0.1) is 5.41 Å². The van der Waals surface area contributed by atoms with Crippen molar-refractivity contribution in [3.63, 3.8) is 0 Å². The molecule has 0 aromatic heterocycles. The van der Waals surface area contributed by atoms with Crippen molar-refractivity contribution in [1.82, 2.24) is 0 Å². The smallest absolute Gasteiger partial charge is 0.195 e. The first-order chi connectivity index (χ1) is 10.1. The minimum Gasteiger partial charge on any atom is -0.363 e. The molecular formula is C18H21NO2. The largest absolute Gasteiger partial charge is 0.363 e. The number of hydrogen-bond donors (Lipinski definition) is 3. The van der Waals surface area contributed by atoms with Crippen LogP contribution < -0.4 is 0 Å². The van der Waals surface area contributed by atoms with Crippen LogP contribution >= 0.6 is 0 Å². The monoisotopic (exact) mass is 283 g/mol. The van der Waals surface area contributed by atoms with Gasteiger partial charge in [-0.2, -0.15) is 0 Å². The first kappa shape index (κ1) is 16.8. The Morgan fingerprint density at radius 1 is 1.38 bits per heavy atom. The van der Waals surface area contributed by atoms with E-state index in [1.807, 2.05) is 49.4 Å². The van der Waals surface area contributed by atoms with Gasteiger partial charge in [0.25, 0.3) is 0 Å². The highest BCUT2D eigenvalue weighted by atomic mass is 16.5. The maximum atomic E-state index is 8.80. The molecule has 110 valence electrons. The molecule has 0 radical (unpaired) electrons. The number of benzene rings is 1. The van der Waals surface area contributed by atoms with Crippen LogP contribution in [0.4, 0.5) is 0 Å². The van der Waals surface area contributed by atoms with E-state index < -0.39 is 6.29 Å². The number of aliphatic hydroxyl groups is 2. The first-order valence-corrected chi connectivity index (χ1v) is 6.74. The highest BCUT2D eigenvalue weighted by Crippen LogP contribution is 2.17. The summed E-state index contributed by atoms with van der Waals surface area (Å²) in [6.45, 7) is 5.79. The van der Waals surface area contributed by atoms with E-state index in [4.69, 9.17) is 15.6 Å². The molecule has 0 aliphatic heterocycles. The van der Waals surface area contributed by atoms with Gasteiger partial charge in [0, 0.05) is 0 Å². The molecule has 1 aromatic carbocycles. The average Bonchev–Trinajstić information content (AvgIpc) is 2.48. The molecule has 0 aliphatic carbocycles. The molecule has 0 amide bonds. The highest BCUT2D eigenvalue weighted by Gasteiger charge is 2.01. The number of rotatable bonds is 7. The lowest BCUT2D eigenvalue weighted by molar-refractivity contribution is 0.0198. The topological polar surface area (TPSA) is 64.3 Å². The Balaban J connectivity index is 2.86. The quantitative estimate of drug-likeness (QED) is 0.408. The van der Waals surface area contributed by atoms with Crippen LogP contribution in [0.25, 0.3) is 5.57 Å². The van der Waals surface area contributed by atoms with E-state index in [1.165, 1.54) is 6.08 Å². The maximum absolute atomic E-state index is 8.80. The third-order valence-corrected chi connectivity index (χ3v) is 2.88. The van der Waals surface area contributed by atoms with Crippen molar-refractivity contribution in [2.45, 2.75) is 19.6 Å². The normalized spacial score (nSPS) is 12.5. The van der Waals surface area contributed by atoms with Crippen molar-refractivity contribution in [1.29, 1.82) is 5.41 Å². The Kier molecular flexibility index (Phi) is 7.09. The summed E-state index contributed by atoms with van der Waals surface area (Å²) in [4.78, 5) is 0. The Morgan fingerprint density at radius 3 is 2.76 bits per heavy atom. The molecular weight excluding hydrogens is 262 g/mol. The van der Waals surface area contributed by atoms with E-state index in [1.54, 1.807) is 6.08 Å². The zero-order valence-corrected chi connectivity index (χ0v) is 12.2. The second-order valence-corrected chi connectivity index (χ2v) is 4.49. The summed E-state index contributed by atoms with van der Waals surface area (Å²) in [6, 6.07) is 8.03. The zero-order chi connectivity index (χ0) is 15.7. The van der Waals surface area contributed by atoms with Crippen LogP contribution in [0.2, 0.25) is 0 Å². The van der Waals surface area contributed by atoms with Gasteiger partial charge in [-0.25, -0.2) is 0 Å². The Morgan fingerprint density at radius 2 is 2.14 bits per heavy atom. The van der Waals surface area contributed by atoms with Gasteiger partial charge in [-0.3, -0.25) is 5.41 Å². The summed E-state index contributed by atoms with van der Waals surface area (Å²) in [5.41, 5.74) is 2.98. The van der Waals surface area contributed by atoms with Gasteiger partial charge in [0.05, 0.1) is 5.71 Å². The lowest BCUT2D eigenvalue weighted by Gasteiger charge is -2.05. The van der Waals surface area contributed by atoms with Gasteiger partial charge in [-0.1, -0.05) is 61.2 Å². The lowest BCUT2D eigenvalue weighted by atomic mass is 10.0. The standard InChI is InChI=1S/C18H21NO2/c1-3-5-10-15(4-2)16-11-6-8-14(13-16)9-7-12-17(19)18(20)21/h3-8,10-13,18-21H,2,9H2,1H3/b5-3-,12-7-,15-10+,19-17?. The van der Waals surface area contributed by atoms with Gasteiger partial charge in [0.1, 0.15) is 0 Å². The number of allylic oxidation sites excluding steroid dienone is 6. The Hall–Kier alpha value is -2.23. The molecule has 0 bridgehead atoms. The molecule has 1 rings (SSSR count). The summed E-state index contributed by atoms with van der Waals surface area (Å²) in [7, 11) is 0. The zero-order valence-electron chi connectivity index (χ0n) is 12.2. The molecule has 0 spiro atoms. The molecule has 0 fully saturated rings. The Labute approximate surface area is 125 Å². The third kappa shape index (κ3) is 5.73. The fourth-order valence-corrected chi connectivity index (χ4v) is 1.77. The molecule has 3 nitrogen and oxygen atoms in total. The van der Waals surface area contributed by atoms with Gasteiger partial charge < -0.3 is 10.2 Å². The van der Waals surface area contributed by atoms with Crippen LogP contribution in [0.1, 0.15) is 18.1 Å². The molecule has 21 heavy (non-hydrogen) atoms. The molecule has 1 aromatic rings. The van der Waals surface area contributed by atoms with Gasteiger partial charge in [0.2, 0.25) is 0 Å². The van der Waals surface area contributed by atoms with Crippen LogP contribution in [-0.2, 0) is 6.42 Å². The van der Waals surface area contributed by atoms with E-state index in [9.17, 15) is 0 Å². The predicted octanol–water partition coefficient (Wildman–Crippen LogP) is 3.26. The second kappa shape index (κ2) is 8.84. The molecule has 0 heterocycles. The SMILES string of the molecule is C=C/C(=C\C=C/C)c1cccc(C/C=C\C(=N)C(O)O)c1. The summed E-state index contributed by atoms with van der Waals surface area (Å²) >= 11 is 0. The first-order valence-electron chi connectivity index (χ1n) is 6.74. The van der Waals surface area contributed by atoms with Gasteiger partial charge in [-0.05, 0) is 36.1 Å². The number of nitrogens with one attached hydrogen (secondary N) is 1. The summed E-state index contributed by atoms with van der Waals surface area (Å²) in [5, 5.41) is 24.9. The summed E-state index contributed by atoms with van der Waals surface area (Å²) < 4.78 is 0. The van der Waals surface area contributed by atoms with Crippen molar-refractivity contribution in [2.24, 2.45) is 0 Å². The molecule has 0 unspecified atom stereocenters. The summed E-state index contributed by atoms with van der Waals surface area (Å²) in [6.07, 6.45) is 9.79. The predicted molar refractivity (Wildman–Crippen MR) is 88.2 cm³/mol.